The molecule has 41 heavy (non-hydrogen) atoms. The first kappa shape index (κ1) is 41.0. The largest absolute Gasteiger partial charge is 0.408 e. The van der Waals surface area contributed by atoms with Gasteiger partial charge in [0, 0.05) is 0 Å². The molecule has 0 aromatic heterocycles. The van der Waals surface area contributed by atoms with Crippen LogP contribution < -0.4 is 0 Å². The van der Waals surface area contributed by atoms with Gasteiger partial charge in [0.2, 0.25) is 0 Å². The Balaban J connectivity index is 0. The van der Waals surface area contributed by atoms with Crippen molar-refractivity contribution >= 4 is 28.6 Å². The van der Waals surface area contributed by atoms with Crippen molar-refractivity contribution in [1.29, 1.82) is 0 Å². The van der Waals surface area contributed by atoms with Crippen LogP contribution in [-0.4, -0.2) is 55.7 Å². The zero-order valence-corrected chi connectivity index (χ0v) is 26.5. The summed E-state index contributed by atoms with van der Waals surface area (Å²) in [5, 5.41) is 9.14. The predicted molar refractivity (Wildman–Crippen MR) is 171 cm³/mol. The van der Waals surface area contributed by atoms with Crippen LogP contribution >= 0.6 is 0 Å². The third-order valence-electron chi connectivity index (χ3n) is 6.19. The molecule has 0 aliphatic heterocycles. The molecule has 2 rings (SSSR count). The molecule has 0 amide bonds. The van der Waals surface area contributed by atoms with Gasteiger partial charge in [-0.05, 0) is 56.2 Å². The van der Waals surface area contributed by atoms with E-state index in [2.05, 4.69) is 51.2 Å². The van der Waals surface area contributed by atoms with Crippen LogP contribution in [0.1, 0.15) is 46.8 Å². The Kier molecular flexibility index (Phi) is 17.1. The van der Waals surface area contributed by atoms with E-state index in [4.69, 9.17) is 13.7 Å². The van der Waals surface area contributed by atoms with E-state index in [1.54, 1.807) is 42.5 Å². The Hall–Kier alpha value is -2.12. The molecule has 0 aliphatic carbocycles. The van der Waals surface area contributed by atoms with Crippen molar-refractivity contribution in [2.75, 3.05) is 13.2 Å². The molecule has 0 saturated carbocycles. The molecule has 0 heterocycles. The van der Waals surface area contributed by atoms with Gasteiger partial charge < -0.3 is 9.53 Å². The Labute approximate surface area is 250 Å². The first-order valence-corrected chi connectivity index (χ1v) is 18.1. The average molecular weight is 631 g/mol. The van der Waals surface area contributed by atoms with Crippen molar-refractivity contribution in [2.45, 2.75) is 89.6 Å². The van der Waals surface area contributed by atoms with E-state index >= 15 is 0 Å². The Morgan fingerprint density at radius 2 is 1.15 bits per heavy atom. The number of rotatable bonds is 12. The Bertz CT molecular complexity index is 1280. The molecule has 11 heteroatoms. The molecule has 0 fully saturated rings. The van der Waals surface area contributed by atoms with E-state index in [0.29, 0.717) is 0 Å². The highest BCUT2D eigenvalue weighted by Gasteiger charge is 2.39. The fourth-order valence-corrected chi connectivity index (χ4v) is 5.75. The molecule has 1 N–H and O–H groups in total. The maximum absolute atomic E-state index is 12.2. The fraction of sp³-hybridized carbons (Fsp3) is 0.467. The van der Waals surface area contributed by atoms with Crippen LogP contribution in [0, 0.1) is 13.8 Å². The van der Waals surface area contributed by atoms with E-state index in [9.17, 15) is 16.8 Å². The van der Waals surface area contributed by atoms with Crippen LogP contribution in [0.4, 0.5) is 0 Å². The van der Waals surface area contributed by atoms with Gasteiger partial charge in [0.15, 0.2) is 8.32 Å². The monoisotopic (exact) mass is 630 g/mol. The normalized spacial score (nSPS) is 13.4. The van der Waals surface area contributed by atoms with Gasteiger partial charge in [-0.15, -0.1) is 13.2 Å². The van der Waals surface area contributed by atoms with Crippen molar-refractivity contribution in [3.05, 3.63) is 85.0 Å². The minimum atomic E-state index is -3.79. The van der Waals surface area contributed by atoms with E-state index < -0.39 is 40.8 Å². The number of aliphatic hydroxyl groups excluding tert-OH is 1. The molecule has 0 saturated heterocycles. The summed E-state index contributed by atoms with van der Waals surface area (Å²) in [5.41, 5.74) is 1.96. The van der Waals surface area contributed by atoms with Crippen molar-refractivity contribution in [3.63, 3.8) is 0 Å². The van der Waals surface area contributed by atoms with Crippen LogP contribution in [0.25, 0.3) is 0 Å². The number of aliphatic hydroxyl groups is 1. The zero-order valence-electron chi connectivity index (χ0n) is 23.9. The van der Waals surface area contributed by atoms with Gasteiger partial charge in [0.25, 0.3) is 20.2 Å². The minimum absolute atomic E-state index is 0. The highest BCUT2D eigenvalue weighted by molar-refractivity contribution is 7.87. The molecule has 0 radical (unpaired) electrons. The van der Waals surface area contributed by atoms with E-state index in [1.807, 2.05) is 13.8 Å². The van der Waals surface area contributed by atoms with Gasteiger partial charge in [-0.2, -0.15) is 16.8 Å². The molecule has 0 bridgehead atoms. The van der Waals surface area contributed by atoms with Crippen molar-refractivity contribution < 1.29 is 34.7 Å². The predicted octanol–water partition coefficient (Wildman–Crippen LogP) is 6.80. The number of hydrogen-bond donors (Lipinski definition) is 1. The summed E-state index contributed by atoms with van der Waals surface area (Å²) in [7, 11) is -9.59. The van der Waals surface area contributed by atoms with Gasteiger partial charge in [-0.1, -0.05) is 83.2 Å². The molecule has 2 atom stereocenters. The van der Waals surface area contributed by atoms with Crippen LogP contribution in [0.3, 0.4) is 0 Å². The molecular formula is C30H50O8S2Si. The topological polar surface area (TPSA) is 116 Å². The second kappa shape index (κ2) is 17.1. The third-order valence-corrected chi connectivity index (χ3v) is 13.3. The molecule has 2 unspecified atom stereocenters. The summed E-state index contributed by atoms with van der Waals surface area (Å²) in [6, 6.07) is 12.9. The maximum atomic E-state index is 12.2. The average Bonchev–Trinajstić information content (AvgIpc) is 2.85. The first-order chi connectivity index (χ1) is 17.8. The molecule has 2 aromatic rings. The molecule has 0 aliphatic rings. The van der Waals surface area contributed by atoms with Crippen molar-refractivity contribution in [1.82, 2.24) is 0 Å². The first-order valence-electron chi connectivity index (χ1n) is 12.4. The summed E-state index contributed by atoms with van der Waals surface area (Å²) in [6.45, 7) is 21.0. The highest BCUT2D eigenvalue weighted by Crippen LogP contribution is 2.37. The molecule has 8 nitrogen and oxygen atoms in total. The number of aryl methyl sites for hydroxylation is 2. The second-order valence-electron chi connectivity index (χ2n) is 10.6. The third kappa shape index (κ3) is 13.6. The molecular weight excluding hydrogens is 581 g/mol. The van der Waals surface area contributed by atoms with Gasteiger partial charge in [0.1, 0.15) is 0 Å². The lowest BCUT2D eigenvalue weighted by Crippen LogP contribution is -2.44. The summed E-state index contributed by atoms with van der Waals surface area (Å²) < 4.78 is 63.6. The van der Waals surface area contributed by atoms with E-state index in [0.717, 1.165) is 11.1 Å². The van der Waals surface area contributed by atoms with Gasteiger partial charge in [-0.3, -0.25) is 8.37 Å². The van der Waals surface area contributed by atoms with Gasteiger partial charge in [-0.25, -0.2) is 0 Å². The summed E-state index contributed by atoms with van der Waals surface area (Å²) >= 11 is 0. The van der Waals surface area contributed by atoms with Crippen LogP contribution in [0.2, 0.25) is 18.1 Å². The summed E-state index contributed by atoms with van der Waals surface area (Å²) in [6.07, 6.45) is 1.38. The highest BCUT2D eigenvalue weighted by atomic mass is 32.2. The number of benzene rings is 2. The SMILES string of the molecule is C.C.C=CC(COS(=O)(=O)c1ccc(C)cc1)O[Si](C)(C)C(C)(C)C.C=CC(O)COS(=O)(=O)c1ccc(C)cc1. The lowest BCUT2D eigenvalue weighted by molar-refractivity contribution is 0.148. The van der Waals surface area contributed by atoms with Crippen molar-refractivity contribution in [3.8, 4) is 0 Å². The number of hydrogen-bond acceptors (Lipinski definition) is 8. The van der Waals surface area contributed by atoms with Gasteiger partial charge in [0.05, 0.1) is 35.2 Å². The molecule has 234 valence electrons. The quantitative estimate of drug-likeness (QED) is 0.155. The van der Waals surface area contributed by atoms with Crippen LogP contribution in [0.15, 0.2) is 83.6 Å². The van der Waals surface area contributed by atoms with Crippen molar-refractivity contribution in [2.24, 2.45) is 0 Å². The molecule has 2 aromatic carbocycles. The van der Waals surface area contributed by atoms with E-state index in [1.165, 1.54) is 18.2 Å². The van der Waals surface area contributed by atoms with Crippen LogP contribution in [-0.2, 0) is 33.0 Å². The summed E-state index contributed by atoms with van der Waals surface area (Å²) in [4.78, 5) is 0.229. The zero-order chi connectivity index (χ0) is 30.1. The summed E-state index contributed by atoms with van der Waals surface area (Å²) in [5.74, 6) is 0. The minimum Gasteiger partial charge on any atom is -0.408 e. The van der Waals surface area contributed by atoms with E-state index in [-0.39, 0.29) is 42.9 Å². The smallest absolute Gasteiger partial charge is 0.297 e. The van der Waals surface area contributed by atoms with Crippen LogP contribution in [0.5, 0.6) is 0 Å². The lowest BCUT2D eigenvalue weighted by Gasteiger charge is -2.38. The second-order valence-corrected chi connectivity index (χ2v) is 18.5. The Morgan fingerprint density at radius 3 is 1.46 bits per heavy atom. The Morgan fingerprint density at radius 1 is 0.780 bits per heavy atom. The van der Waals surface area contributed by atoms with Gasteiger partial charge >= 0.3 is 0 Å². The maximum Gasteiger partial charge on any atom is 0.297 e. The molecule has 0 spiro atoms. The lowest BCUT2D eigenvalue weighted by atomic mass is 10.2. The standard InChI is InChI=1S/C17H28O4SSi.C11H14O4S.2CH4/c1-8-15(21-23(6,7)17(3,4)5)13-20-22(18,19)16-11-9-14(2)10-12-16;1-3-10(12)8-15-16(13,14)11-6-4-9(2)5-7-11;;/h8-12,15H,1,13H2,2-7H3;3-7,10,12H,1,8H2,2H3;2*1H4. The fourth-order valence-electron chi connectivity index (χ4n) is 2.64.